The van der Waals surface area contributed by atoms with E-state index in [2.05, 4.69) is 15.9 Å². The predicted molar refractivity (Wildman–Crippen MR) is 69.3 cm³/mol. The van der Waals surface area contributed by atoms with Crippen LogP contribution in [0.4, 0.5) is 10.5 Å². The summed E-state index contributed by atoms with van der Waals surface area (Å²) < 4.78 is 0. The molecule has 0 bridgehead atoms. The van der Waals surface area contributed by atoms with E-state index in [0.29, 0.717) is 25.1 Å². The van der Waals surface area contributed by atoms with E-state index in [-0.39, 0.29) is 5.91 Å². The number of benzene rings is 1. The van der Waals surface area contributed by atoms with Crippen molar-refractivity contribution >= 4 is 32.3 Å². The highest BCUT2D eigenvalue weighted by molar-refractivity contribution is 9.18. The fourth-order valence-corrected chi connectivity index (χ4v) is 2.45. The summed E-state index contributed by atoms with van der Waals surface area (Å²) >= 11 is 2.84. The monoisotopic (exact) mass is 296 g/mol. The summed E-state index contributed by atoms with van der Waals surface area (Å²) in [5.74, 6) is -0.161. The van der Waals surface area contributed by atoms with Gasteiger partial charge in [-0.3, -0.25) is 9.59 Å². The van der Waals surface area contributed by atoms with Gasteiger partial charge in [-0.1, -0.05) is 12.1 Å². The van der Waals surface area contributed by atoms with Gasteiger partial charge in [-0.2, -0.15) is 0 Å². The maximum atomic E-state index is 11.7. The van der Waals surface area contributed by atoms with Gasteiger partial charge in [0.15, 0.2) is 0 Å². The van der Waals surface area contributed by atoms with Crippen molar-refractivity contribution in [1.29, 1.82) is 0 Å². The molecule has 90 valence electrons. The van der Waals surface area contributed by atoms with Crippen LogP contribution in [0.3, 0.4) is 0 Å². The van der Waals surface area contributed by atoms with E-state index in [1.165, 1.54) is 4.90 Å². The van der Waals surface area contributed by atoms with Crippen LogP contribution in [-0.2, 0) is 17.6 Å². The molecule has 0 saturated carbocycles. The molecule has 0 aromatic heterocycles. The van der Waals surface area contributed by atoms with E-state index in [1.807, 2.05) is 18.2 Å². The lowest BCUT2D eigenvalue weighted by Crippen LogP contribution is -2.36. The quantitative estimate of drug-likeness (QED) is 0.670. The van der Waals surface area contributed by atoms with E-state index in [4.69, 9.17) is 5.73 Å². The van der Waals surface area contributed by atoms with Gasteiger partial charge in [0.25, 0.3) is 0 Å². The summed E-state index contributed by atoms with van der Waals surface area (Å²) in [5, 5.41) is 0. The molecule has 2 N–H and O–H groups in total. The standard InChI is InChI=1S/C12H13BrN2O2/c13-12(17)15-10-3-1-8(5-6-14)7-9(10)2-4-11(15)16/h1,3,7H,2,4-6,14H2. The first-order valence-corrected chi connectivity index (χ1v) is 6.27. The number of carbonyl (C=O) groups is 2. The first-order valence-electron chi connectivity index (χ1n) is 5.47. The molecule has 1 aromatic carbocycles. The van der Waals surface area contributed by atoms with Crippen LogP contribution in [-0.4, -0.2) is 17.3 Å². The maximum absolute atomic E-state index is 11.7. The molecule has 2 rings (SSSR count). The Morgan fingerprint density at radius 1 is 1.41 bits per heavy atom. The minimum Gasteiger partial charge on any atom is -0.330 e. The number of hydrogen-bond acceptors (Lipinski definition) is 3. The smallest absolute Gasteiger partial charge is 0.300 e. The third-order valence-corrected chi connectivity index (χ3v) is 3.21. The van der Waals surface area contributed by atoms with Crippen molar-refractivity contribution in [2.75, 3.05) is 11.4 Å². The van der Waals surface area contributed by atoms with Crippen LogP contribution < -0.4 is 10.6 Å². The van der Waals surface area contributed by atoms with E-state index in [1.54, 1.807) is 0 Å². The number of carbonyl (C=O) groups excluding carboxylic acids is 2. The Bertz CT molecular complexity index is 474. The first kappa shape index (κ1) is 12.3. The zero-order valence-corrected chi connectivity index (χ0v) is 10.9. The van der Waals surface area contributed by atoms with Crippen LogP contribution in [0.1, 0.15) is 17.5 Å². The third kappa shape index (κ3) is 2.40. The second-order valence-electron chi connectivity index (χ2n) is 3.98. The van der Waals surface area contributed by atoms with Crippen molar-refractivity contribution in [3.8, 4) is 0 Å². The lowest BCUT2D eigenvalue weighted by molar-refractivity contribution is -0.118. The normalized spacial score (nSPS) is 14.7. The Balaban J connectivity index is 2.40. The number of fused-ring (bicyclic) bond motifs is 1. The summed E-state index contributed by atoms with van der Waals surface area (Å²) in [6, 6.07) is 5.75. The third-order valence-electron chi connectivity index (χ3n) is 2.85. The second-order valence-corrected chi connectivity index (χ2v) is 4.66. The van der Waals surface area contributed by atoms with Crippen molar-refractivity contribution in [2.45, 2.75) is 19.3 Å². The van der Waals surface area contributed by atoms with Gasteiger partial charge in [-0.15, -0.1) is 0 Å². The molecule has 1 heterocycles. The number of amides is 2. The molecule has 2 amide bonds. The summed E-state index contributed by atoms with van der Waals surface area (Å²) in [6.45, 7) is 0.596. The SMILES string of the molecule is NCCc1ccc2c(c1)CCC(=O)N2C(=O)Br. The molecule has 1 aliphatic heterocycles. The molecule has 1 aliphatic rings. The highest BCUT2D eigenvalue weighted by Crippen LogP contribution is 2.30. The molecule has 0 fully saturated rings. The number of imide groups is 1. The molecule has 4 nitrogen and oxygen atoms in total. The number of hydrogen-bond donors (Lipinski definition) is 1. The zero-order chi connectivity index (χ0) is 12.4. The summed E-state index contributed by atoms with van der Waals surface area (Å²) in [5.41, 5.74) is 8.36. The van der Waals surface area contributed by atoms with E-state index in [9.17, 15) is 9.59 Å². The van der Waals surface area contributed by atoms with Crippen LogP contribution in [0, 0.1) is 0 Å². The number of anilines is 1. The Hall–Kier alpha value is -1.20. The van der Waals surface area contributed by atoms with Crippen LogP contribution >= 0.6 is 15.9 Å². The Labute approximate surface area is 108 Å². The van der Waals surface area contributed by atoms with Crippen LogP contribution in [0.2, 0.25) is 0 Å². The molecule has 17 heavy (non-hydrogen) atoms. The highest BCUT2D eigenvalue weighted by Gasteiger charge is 2.27. The fourth-order valence-electron chi connectivity index (χ4n) is 2.06. The minimum atomic E-state index is -0.407. The number of halogens is 1. The molecule has 5 heteroatoms. The van der Waals surface area contributed by atoms with Gasteiger partial charge in [0.2, 0.25) is 5.91 Å². The van der Waals surface area contributed by atoms with Gasteiger partial charge < -0.3 is 5.73 Å². The molecule has 0 radical (unpaired) electrons. The average Bonchev–Trinajstić information content (AvgIpc) is 2.29. The largest absolute Gasteiger partial charge is 0.330 e. The van der Waals surface area contributed by atoms with Crippen molar-refractivity contribution in [2.24, 2.45) is 5.73 Å². The number of nitrogens with two attached hydrogens (primary N) is 1. The molecule has 0 saturated heterocycles. The van der Waals surface area contributed by atoms with Crippen molar-refractivity contribution in [1.82, 2.24) is 0 Å². The molecule has 1 aromatic rings. The highest BCUT2D eigenvalue weighted by atomic mass is 79.9. The lowest BCUT2D eigenvalue weighted by atomic mass is 9.98. The van der Waals surface area contributed by atoms with Crippen molar-refractivity contribution < 1.29 is 9.59 Å². The van der Waals surface area contributed by atoms with Gasteiger partial charge in [0.1, 0.15) is 0 Å². The number of rotatable bonds is 2. The number of nitrogens with zero attached hydrogens (tertiary/aromatic N) is 1. The number of aryl methyl sites for hydroxylation is 1. The van der Waals surface area contributed by atoms with Gasteiger partial charge in [-0.25, -0.2) is 4.90 Å². The van der Waals surface area contributed by atoms with Crippen LogP contribution in [0.15, 0.2) is 18.2 Å². The van der Waals surface area contributed by atoms with E-state index in [0.717, 1.165) is 17.5 Å². The van der Waals surface area contributed by atoms with Gasteiger partial charge in [-0.05, 0) is 36.6 Å². The average molecular weight is 297 g/mol. The Morgan fingerprint density at radius 2 is 2.18 bits per heavy atom. The summed E-state index contributed by atoms with van der Waals surface area (Å²) in [4.78, 5) is 23.8. The molecule has 0 spiro atoms. The molecular weight excluding hydrogens is 284 g/mol. The zero-order valence-electron chi connectivity index (χ0n) is 9.28. The van der Waals surface area contributed by atoms with Crippen molar-refractivity contribution in [3.63, 3.8) is 0 Å². The molecular formula is C12H13BrN2O2. The van der Waals surface area contributed by atoms with Gasteiger partial charge >= 0.3 is 4.82 Å². The molecule has 0 atom stereocenters. The van der Waals surface area contributed by atoms with Crippen LogP contribution in [0.25, 0.3) is 0 Å². The van der Waals surface area contributed by atoms with E-state index >= 15 is 0 Å². The molecule has 0 aliphatic carbocycles. The van der Waals surface area contributed by atoms with Gasteiger partial charge in [0.05, 0.1) is 5.69 Å². The van der Waals surface area contributed by atoms with Crippen LogP contribution in [0.5, 0.6) is 0 Å². The minimum absolute atomic E-state index is 0.161. The predicted octanol–water partition coefficient (Wildman–Crippen LogP) is 1.98. The summed E-state index contributed by atoms with van der Waals surface area (Å²) in [7, 11) is 0. The fraction of sp³-hybridized carbons (Fsp3) is 0.333. The second kappa shape index (κ2) is 4.98. The lowest BCUT2D eigenvalue weighted by Gasteiger charge is -2.26. The Morgan fingerprint density at radius 3 is 2.82 bits per heavy atom. The Kier molecular flexibility index (Phi) is 3.59. The van der Waals surface area contributed by atoms with Crippen molar-refractivity contribution in [3.05, 3.63) is 29.3 Å². The van der Waals surface area contributed by atoms with E-state index < -0.39 is 4.82 Å². The van der Waals surface area contributed by atoms with Gasteiger partial charge in [0, 0.05) is 22.4 Å². The topological polar surface area (TPSA) is 63.4 Å². The molecule has 0 unspecified atom stereocenters. The summed E-state index contributed by atoms with van der Waals surface area (Å²) in [6.07, 6.45) is 1.86. The first-order chi connectivity index (χ1) is 8.13. The maximum Gasteiger partial charge on any atom is 0.300 e.